The molecule has 0 aromatic heterocycles. The number of hydrogen-bond donors (Lipinski definition) is 1. The van der Waals surface area contributed by atoms with Gasteiger partial charge in [0.1, 0.15) is 0 Å². The van der Waals surface area contributed by atoms with E-state index in [4.69, 9.17) is 0 Å². The van der Waals surface area contributed by atoms with Crippen molar-refractivity contribution in [2.75, 3.05) is 45.0 Å². The van der Waals surface area contributed by atoms with Crippen LogP contribution >= 0.6 is 12.6 Å². The van der Waals surface area contributed by atoms with Crippen molar-refractivity contribution in [2.45, 2.75) is 39.0 Å². The highest BCUT2D eigenvalue weighted by molar-refractivity contribution is 7.80. The van der Waals surface area contributed by atoms with Gasteiger partial charge in [-0.1, -0.05) is 26.2 Å². The Labute approximate surface area is 112 Å². The zero-order chi connectivity index (χ0) is 12.1. The predicted molar refractivity (Wildman–Crippen MR) is 77.9 cm³/mol. The summed E-state index contributed by atoms with van der Waals surface area (Å²) in [7, 11) is 0. The summed E-state index contributed by atoms with van der Waals surface area (Å²) in [6, 6.07) is 0. The van der Waals surface area contributed by atoms with Gasteiger partial charge in [-0.3, -0.25) is 0 Å². The summed E-state index contributed by atoms with van der Waals surface area (Å²) in [5.74, 6) is 1.08. The number of rotatable bonds is 4. The van der Waals surface area contributed by atoms with Crippen molar-refractivity contribution in [3.8, 4) is 0 Å². The molecule has 2 rings (SSSR count). The van der Waals surface area contributed by atoms with Crippen LogP contribution in [0.4, 0.5) is 0 Å². The van der Waals surface area contributed by atoms with E-state index in [1.165, 1.54) is 71.4 Å². The first kappa shape index (κ1) is 13.7. The lowest BCUT2D eigenvalue weighted by molar-refractivity contribution is 0.0771. The van der Waals surface area contributed by atoms with Crippen LogP contribution in [0.3, 0.4) is 0 Å². The fraction of sp³-hybridized carbons (Fsp3) is 1.00. The highest BCUT2D eigenvalue weighted by Crippen LogP contribution is 2.38. The molecule has 100 valence electrons. The molecule has 0 amide bonds. The van der Waals surface area contributed by atoms with E-state index < -0.39 is 0 Å². The van der Waals surface area contributed by atoms with Gasteiger partial charge < -0.3 is 9.80 Å². The van der Waals surface area contributed by atoms with Gasteiger partial charge in [0, 0.05) is 32.7 Å². The van der Waals surface area contributed by atoms with E-state index >= 15 is 0 Å². The van der Waals surface area contributed by atoms with Crippen LogP contribution in [0.5, 0.6) is 0 Å². The molecule has 17 heavy (non-hydrogen) atoms. The van der Waals surface area contributed by atoms with Crippen molar-refractivity contribution in [1.29, 1.82) is 0 Å². The van der Waals surface area contributed by atoms with Crippen LogP contribution in [0.1, 0.15) is 39.0 Å². The molecule has 0 spiro atoms. The van der Waals surface area contributed by atoms with Crippen molar-refractivity contribution in [3.05, 3.63) is 0 Å². The Balaban J connectivity index is 1.82. The van der Waals surface area contributed by atoms with Crippen LogP contribution in [0.15, 0.2) is 0 Å². The topological polar surface area (TPSA) is 6.48 Å². The zero-order valence-electron chi connectivity index (χ0n) is 11.3. The van der Waals surface area contributed by atoms with E-state index in [0.29, 0.717) is 5.41 Å². The molecule has 2 aliphatic rings. The average Bonchev–Trinajstić information content (AvgIpc) is 2.41. The van der Waals surface area contributed by atoms with Gasteiger partial charge in [0.15, 0.2) is 0 Å². The number of piperazine rings is 1. The van der Waals surface area contributed by atoms with Gasteiger partial charge in [-0.2, -0.15) is 12.6 Å². The highest BCUT2D eigenvalue weighted by Gasteiger charge is 2.33. The largest absolute Gasteiger partial charge is 0.301 e. The second kappa shape index (κ2) is 6.44. The number of likely N-dealkylation sites (N-methyl/N-ethyl adjacent to an activating group) is 1. The molecule has 0 atom stereocenters. The molecular formula is C14H28N2S. The Kier molecular flexibility index (Phi) is 5.19. The molecular weight excluding hydrogens is 228 g/mol. The molecule has 0 unspecified atom stereocenters. The lowest BCUT2D eigenvalue weighted by atomic mass is 9.75. The molecule has 2 fully saturated rings. The van der Waals surface area contributed by atoms with Crippen molar-refractivity contribution in [1.82, 2.24) is 9.80 Å². The molecule has 1 heterocycles. The molecule has 0 aromatic carbocycles. The minimum Gasteiger partial charge on any atom is -0.301 e. The third-order valence-electron chi connectivity index (χ3n) is 4.72. The molecule has 1 saturated carbocycles. The molecule has 2 nitrogen and oxygen atoms in total. The second-order valence-corrected chi connectivity index (χ2v) is 6.25. The quantitative estimate of drug-likeness (QED) is 0.772. The number of nitrogens with zero attached hydrogens (tertiary/aromatic N) is 2. The Morgan fingerprint density at radius 2 is 1.53 bits per heavy atom. The third kappa shape index (κ3) is 3.62. The maximum absolute atomic E-state index is 4.65. The summed E-state index contributed by atoms with van der Waals surface area (Å²) in [6.07, 6.45) is 7.11. The van der Waals surface area contributed by atoms with Crippen LogP contribution in [-0.2, 0) is 0 Å². The maximum atomic E-state index is 4.65. The monoisotopic (exact) mass is 256 g/mol. The SMILES string of the molecule is CCN1CCN(CC2(CS)CCCCC2)CC1. The Morgan fingerprint density at radius 3 is 2.06 bits per heavy atom. The van der Waals surface area contributed by atoms with Gasteiger partial charge in [-0.15, -0.1) is 0 Å². The summed E-state index contributed by atoms with van der Waals surface area (Å²) in [5.41, 5.74) is 0.537. The van der Waals surface area contributed by atoms with Gasteiger partial charge in [0.05, 0.1) is 0 Å². The van der Waals surface area contributed by atoms with Crippen LogP contribution < -0.4 is 0 Å². The molecule has 1 aliphatic heterocycles. The fourth-order valence-electron chi connectivity index (χ4n) is 3.41. The average molecular weight is 256 g/mol. The molecule has 1 aliphatic carbocycles. The van der Waals surface area contributed by atoms with Gasteiger partial charge in [-0.05, 0) is 30.6 Å². The van der Waals surface area contributed by atoms with Crippen molar-refractivity contribution in [3.63, 3.8) is 0 Å². The van der Waals surface area contributed by atoms with Crippen molar-refractivity contribution < 1.29 is 0 Å². The van der Waals surface area contributed by atoms with Crippen LogP contribution in [0.25, 0.3) is 0 Å². The van der Waals surface area contributed by atoms with Crippen LogP contribution in [0, 0.1) is 5.41 Å². The van der Waals surface area contributed by atoms with E-state index in [-0.39, 0.29) is 0 Å². The summed E-state index contributed by atoms with van der Waals surface area (Å²) in [4.78, 5) is 5.25. The van der Waals surface area contributed by atoms with Crippen molar-refractivity contribution in [2.24, 2.45) is 5.41 Å². The lowest BCUT2D eigenvalue weighted by Gasteiger charge is -2.43. The van der Waals surface area contributed by atoms with E-state index in [2.05, 4.69) is 29.4 Å². The summed E-state index contributed by atoms with van der Waals surface area (Å²) >= 11 is 4.65. The molecule has 0 N–H and O–H groups in total. The minimum atomic E-state index is 0.537. The van der Waals surface area contributed by atoms with Crippen LogP contribution in [0.2, 0.25) is 0 Å². The van der Waals surface area contributed by atoms with E-state index in [9.17, 15) is 0 Å². The molecule has 0 aromatic rings. The number of thiol groups is 1. The highest BCUT2D eigenvalue weighted by atomic mass is 32.1. The van der Waals surface area contributed by atoms with Gasteiger partial charge in [0.2, 0.25) is 0 Å². The van der Waals surface area contributed by atoms with Gasteiger partial charge in [-0.25, -0.2) is 0 Å². The Bertz CT molecular complexity index is 218. The fourth-order valence-corrected chi connectivity index (χ4v) is 3.82. The molecule has 3 heteroatoms. The lowest BCUT2D eigenvalue weighted by Crippen LogP contribution is -2.50. The summed E-state index contributed by atoms with van der Waals surface area (Å²) in [5, 5.41) is 0. The Hall–Kier alpha value is 0.270. The van der Waals surface area contributed by atoms with Crippen LogP contribution in [-0.4, -0.2) is 54.8 Å². The second-order valence-electron chi connectivity index (χ2n) is 5.93. The maximum Gasteiger partial charge on any atom is 0.0110 e. The first-order chi connectivity index (χ1) is 8.28. The summed E-state index contributed by atoms with van der Waals surface area (Å²) < 4.78 is 0. The first-order valence-corrected chi connectivity index (χ1v) is 7.97. The van der Waals surface area contributed by atoms with Gasteiger partial charge >= 0.3 is 0 Å². The first-order valence-electron chi connectivity index (χ1n) is 7.33. The third-order valence-corrected chi connectivity index (χ3v) is 5.39. The Morgan fingerprint density at radius 1 is 0.941 bits per heavy atom. The molecule has 0 radical (unpaired) electrons. The van der Waals surface area contributed by atoms with E-state index in [1.807, 2.05) is 0 Å². The van der Waals surface area contributed by atoms with Gasteiger partial charge in [0.25, 0.3) is 0 Å². The standard InChI is InChI=1S/C14H28N2S/c1-2-15-8-10-16(11-9-15)12-14(13-17)6-4-3-5-7-14/h17H,2-13H2,1H3. The zero-order valence-corrected chi connectivity index (χ0v) is 12.2. The van der Waals surface area contributed by atoms with Crippen molar-refractivity contribution >= 4 is 12.6 Å². The minimum absolute atomic E-state index is 0.537. The molecule has 1 saturated heterocycles. The smallest absolute Gasteiger partial charge is 0.0110 e. The summed E-state index contributed by atoms with van der Waals surface area (Å²) in [6.45, 7) is 9.84. The van der Waals surface area contributed by atoms with E-state index in [0.717, 1.165) is 5.75 Å². The van der Waals surface area contributed by atoms with E-state index in [1.54, 1.807) is 0 Å². The normalized spacial score (nSPS) is 27.2. The number of hydrogen-bond acceptors (Lipinski definition) is 3. The predicted octanol–water partition coefficient (Wildman–Crippen LogP) is 2.50. The molecule has 0 bridgehead atoms.